The molecule has 0 aliphatic rings. The normalized spacial score (nSPS) is 14.2. The van der Waals surface area contributed by atoms with E-state index in [1.54, 1.807) is 0 Å². The fourth-order valence-corrected chi connectivity index (χ4v) is 4.53. The summed E-state index contributed by atoms with van der Waals surface area (Å²) in [5.74, 6) is -58.1. The van der Waals surface area contributed by atoms with Crippen molar-refractivity contribution in [1.82, 2.24) is 0 Å². The van der Waals surface area contributed by atoms with E-state index in [1.807, 2.05) is 0 Å². The third-order valence-electron chi connectivity index (χ3n) is 7.79. The van der Waals surface area contributed by atoms with Crippen LogP contribution in [0.25, 0.3) is 0 Å². The Morgan fingerprint density at radius 2 is 0.863 bits per heavy atom. The number of benzene rings is 1. The second-order valence-electron chi connectivity index (χ2n) is 11.8. The maximum Gasteiger partial charge on any atom is 0.460 e. The zero-order valence-corrected chi connectivity index (χ0v) is 27.1. The van der Waals surface area contributed by atoms with Crippen LogP contribution in [-0.2, 0) is 4.74 Å². The standard InChI is InChI=1S/C31H37F17O3/c1-2-3-4-5-6-7-8-9-10-11-12-13-19-51-23(49)21-14-16-22(17-15-21)50-20-18-24(32,33)25(34,35)26(36,37)27(38,39)28(40,41)29(42,43)30(44,45)31(46,47)48/h14-17H,2-13,18-20H2,1H3. The summed E-state index contributed by atoms with van der Waals surface area (Å²) in [5, 5.41) is 0. The molecule has 51 heavy (non-hydrogen) atoms. The fourth-order valence-electron chi connectivity index (χ4n) is 4.53. The Kier molecular flexibility index (Phi) is 16.2. The number of ether oxygens (including phenoxy) is 2. The van der Waals surface area contributed by atoms with Crippen molar-refractivity contribution in [3.05, 3.63) is 29.8 Å². The molecule has 0 bridgehead atoms. The molecule has 0 unspecified atom stereocenters. The van der Waals surface area contributed by atoms with Crippen molar-refractivity contribution >= 4 is 5.97 Å². The molecule has 0 saturated carbocycles. The second kappa shape index (κ2) is 17.9. The molecule has 0 N–H and O–H groups in total. The second-order valence-corrected chi connectivity index (χ2v) is 11.8. The number of carbonyl (C=O) groups is 1. The van der Waals surface area contributed by atoms with Crippen LogP contribution >= 0.6 is 0 Å². The van der Waals surface area contributed by atoms with Gasteiger partial charge in [-0.1, -0.05) is 77.6 Å². The van der Waals surface area contributed by atoms with Crippen molar-refractivity contribution in [2.45, 2.75) is 138 Å². The molecule has 1 aromatic rings. The van der Waals surface area contributed by atoms with Crippen LogP contribution in [0, 0.1) is 0 Å². The summed E-state index contributed by atoms with van der Waals surface area (Å²) < 4.78 is 237. The minimum atomic E-state index is -8.67. The molecular formula is C31H37F17O3. The third-order valence-corrected chi connectivity index (χ3v) is 7.79. The number of hydrogen-bond acceptors (Lipinski definition) is 3. The number of carbonyl (C=O) groups excluding carboxylic acids is 1. The molecule has 20 heteroatoms. The summed E-state index contributed by atoms with van der Waals surface area (Å²) >= 11 is 0. The molecule has 1 aromatic carbocycles. The summed E-state index contributed by atoms with van der Waals surface area (Å²) in [4.78, 5) is 12.1. The SMILES string of the molecule is CCCCCCCCCCCCCCOC(=O)c1ccc(OCCC(F)(F)C(F)(F)C(F)(F)C(F)(F)C(F)(F)C(F)(F)C(F)(F)C(F)(F)F)cc1. The maximum absolute atomic E-state index is 14.1. The van der Waals surface area contributed by atoms with Crippen molar-refractivity contribution in [1.29, 1.82) is 0 Å². The zero-order valence-electron chi connectivity index (χ0n) is 27.1. The van der Waals surface area contributed by atoms with Crippen LogP contribution in [0.5, 0.6) is 5.75 Å². The van der Waals surface area contributed by atoms with Gasteiger partial charge in [0.25, 0.3) is 0 Å². The van der Waals surface area contributed by atoms with E-state index in [-0.39, 0.29) is 12.2 Å². The molecule has 0 fully saturated rings. The highest BCUT2D eigenvalue weighted by molar-refractivity contribution is 5.89. The van der Waals surface area contributed by atoms with Crippen LogP contribution < -0.4 is 4.74 Å². The lowest BCUT2D eigenvalue weighted by molar-refractivity contribution is -0.461. The Hall–Kier alpha value is -2.70. The highest BCUT2D eigenvalue weighted by Gasteiger charge is 2.95. The van der Waals surface area contributed by atoms with Crippen molar-refractivity contribution in [2.24, 2.45) is 0 Å². The lowest BCUT2D eigenvalue weighted by Crippen LogP contribution is -2.74. The Balaban J connectivity index is 2.70. The predicted molar refractivity (Wildman–Crippen MR) is 149 cm³/mol. The van der Waals surface area contributed by atoms with E-state index in [0.29, 0.717) is 6.42 Å². The van der Waals surface area contributed by atoms with Gasteiger partial charge in [-0.05, 0) is 30.7 Å². The number of hydrogen-bond donors (Lipinski definition) is 0. The minimum Gasteiger partial charge on any atom is -0.493 e. The largest absolute Gasteiger partial charge is 0.493 e. The first kappa shape index (κ1) is 46.3. The van der Waals surface area contributed by atoms with Gasteiger partial charge in [-0.25, -0.2) is 4.79 Å². The highest BCUT2D eigenvalue weighted by Crippen LogP contribution is 2.64. The lowest BCUT2D eigenvalue weighted by atomic mass is 9.88. The molecule has 0 spiro atoms. The highest BCUT2D eigenvalue weighted by atomic mass is 19.4. The number of esters is 1. The van der Waals surface area contributed by atoms with E-state index >= 15 is 0 Å². The van der Waals surface area contributed by atoms with Gasteiger partial charge in [0.1, 0.15) is 5.75 Å². The van der Waals surface area contributed by atoms with Gasteiger partial charge < -0.3 is 9.47 Å². The van der Waals surface area contributed by atoms with E-state index in [4.69, 9.17) is 4.74 Å². The molecule has 298 valence electrons. The Labute approximate surface area is 282 Å². The van der Waals surface area contributed by atoms with Crippen molar-refractivity contribution in [3.8, 4) is 5.75 Å². The topological polar surface area (TPSA) is 35.5 Å². The van der Waals surface area contributed by atoms with Crippen LogP contribution in [0.2, 0.25) is 0 Å². The smallest absolute Gasteiger partial charge is 0.460 e. The van der Waals surface area contributed by atoms with E-state index < -0.39 is 72.4 Å². The van der Waals surface area contributed by atoms with Gasteiger partial charge in [0.05, 0.1) is 25.2 Å². The summed E-state index contributed by atoms with van der Waals surface area (Å²) in [5.41, 5.74) is -0.117. The number of alkyl halides is 17. The monoisotopic (exact) mass is 780 g/mol. The lowest BCUT2D eigenvalue weighted by Gasteiger charge is -2.42. The Morgan fingerprint density at radius 3 is 1.27 bits per heavy atom. The molecule has 0 aliphatic heterocycles. The molecule has 0 aliphatic carbocycles. The number of rotatable bonds is 24. The van der Waals surface area contributed by atoms with Crippen LogP contribution in [0.3, 0.4) is 0 Å². The summed E-state index contributed by atoms with van der Waals surface area (Å²) in [6.45, 7) is 0.413. The van der Waals surface area contributed by atoms with Gasteiger partial charge >= 0.3 is 53.6 Å². The molecule has 0 atom stereocenters. The van der Waals surface area contributed by atoms with E-state index in [1.165, 1.54) is 38.5 Å². The van der Waals surface area contributed by atoms with Crippen LogP contribution in [0.15, 0.2) is 24.3 Å². The molecule has 0 aromatic heterocycles. The van der Waals surface area contributed by atoms with Gasteiger partial charge in [0.15, 0.2) is 0 Å². The average molecular weight is 781 g/mol. The Bertz CT molecular complexity index is 1200. The zero-order chi connectivity index (χ0) is 39.6. The van der Waals surface area contributed by atoms with Gasteiger partial charge in [0.2, 0.25) is 0 Å². The van der Waals surface area contributed by atoms with E-state index in [2.05, 4.69) is 11.7 Å². The van der Waals surface area contributed by atoms with Gasteiger partial charge in [-0.3, -0.25) is 0 Å². The van der Waals surface area contributed by atoms with Crippen molar-refractivity contribution < 1.29 is 88.9 Å². The van der Waals surface area contributed by atoms with Gasteiger partial charge in [-0.2, -0.15) is 74.6 Å². The first-order chi connectivity index (χ1) is 23.2. The minimum absolute atomic E-state index is 0.0514. The molecule has 3 nitrogen and oxygen atoms in total. The molecule has 1 rings (SSSR count). The number of unbranched alkanes of at least 4 members (excludes halogenated alkanes) is 11. The number of halogens is 17. The first-order valence-electron chi connectivity index (χ1n) is 15.8. The fraction of sp³-hybridized carbons (Fsp3) is 0.774. The molecular weight excluding hydrogens is 743 g/mol. The maximum atomic E-state index is 14.1. The van der Waals surface area contributed by atoms with E-state index in [9.17, 15) is 79.4 Å². The van der Waals surface area contributed by atoms with Crippen LogP contribution in [0.1, 0.15) is 101 Å². The molecule has 0 radical (unpaired) electrons. The average Bonchev–Trinajstić information content (AvgIpc) is 3.02. The first-order valence-corrected chi connectivity index (χ1v) is 15.8. The third kappa shape index (κ3) is 10.5. The molecule has 0 amide bonds. The molecule has 0 saturated heterocycles. The summed E-state index contributed by atoms with van der Waals surface area (Å²) in [7, 11) is 0. The quantitative estimate of drug-likeness (QED) is 0.0595. The van der Waals surface area contributed by atoms with Crippen molar-refractivity contribution in [3.63, 3.8) is 0 Å². The van der Waals surface area contributed by atoms with Gasteiger partial charge in [-0.15, -0.1) is 0 Å². The van der Waals surface area contributed by atoms with Gasteiger partial charge in [0, 0.05) is 0 Å². The van der Waals surface area contributed by atoms with Crippen molar-refractivity contribution in [2.75, 3.05) is 13.2 Å². The van der Waals surface area contributed by atoms with E-state index in [0.717, 1.165) is 56.4 Å². The molecule has 0 heterocycles. The van der Waals surface area contributed by atoms with Crippen LogP contribution in [0.4, 0.5) is 74.6 Å². The Morgan fingerprint density at radius 1 is 0.490 bits per heavy atom. The predicted octanol–water partition coefficient (Wildman–Crippen LogP) is 12.3. The summed E-state index contributed by atoms with van der Waals surface area (Å²) in [6.07, 6.45) is 2.25. The summed E-state index contributed by atoms with van der Waals surface area (Å²) in [6, 6.07) is 3.70. The van der Waals surface area contributed by atoms with Crippen LogP contribution in [-0.4, -0.2) is 66.8 Å².